The van der Waals surface area contributed by atoms with Gasteiger partial charge < -0.3 is 20.3 Å². The van der Waals surface area contributed by atoms with Crippen molar-refractivity contribution in [2.45, 2.75) is 24.9 Å². The Kier molecular flexibility index (Phi) is 8.73. The molecule has 6 rings (SSSR count). The van der Waals surface area contributed by atoms with Crippen LogP contribution in [0, 0.1) is 5.82 Å². The summed E-state index contributed by atoms with van der Waals surface area (Å²) in [6.07, 6.45) is 3.82. The Morgan fingerprint density at radius 3 is 2.73 bits per heavy atom. The monoisotopic (exact) mass is 565 g/mol. The molecule has 0 spiro atoms. The van der Waals surface area contributed by atoms with Gasteiger partial charge in [-0.05, 0) is 68.9 Å². The van der Waals surface area contributed by atoms with Crippen molar-refractivity contribution < 1.29 is 13.9 Å². The second-order valence-electron chi connectivity index (χ2n) is 9.44. The van der Waals surface area contributed by atoms with E-state index in [4.69, 9.17) is 9.72 Å². The highest BCUT2D eigenvalue weighted by atomic mass is 35.5. The molecule has 198 valence electrons. The van der Waals surface area contributed by atoms with Crippen molar-refractivity contribution in [3.8, 4) is 11.3 Å². The Bertz CT molecular complexity index is 1400. The van der Waals surface area contributed by atoms with Crippen molar-refractivity contribution in [1.82, 2.24) is 24.9 Å². The third-order valence-corrected chi connectivity index (χ3v) is 8.02. The fourth-order valence-electron chi connectivity index (χ4n) is 4.93. The molecule has 7 nitrogen and oxygen atoms in total. The van der Waals surface area contributed by atoms with Crippen LogP contribution in [0.3, 0.4) is 0 Å². The number of hydrogen-bond donors (Lipinski definition) is 2. The maximum absolute atomic E-state index is 15.0. The van der Waals surface area contributed by atoms with Crippen molar-refractivity contribution in [1.29, 1.82) is 0 Å². The lowest BCUT2D eigenvalue weighted by atomic mass is 10.0. The number of carbonyl (C=O) groups is 1. The van der Waals surface area contributed by atoms with Crippen molar-refractivity contribution in [3.05, 3.63) is 59.5 Å². The van der Waals surface area contributed by atoms with E-state index in [9.17, 15) is 4.79 Å². The number of amides is 1. The maximum atomic E-state index is 15.0. The summed E-state index contributed by atoms with van der Waals surface area (Å²) in [7, 11) is 2.11. The maximum Gasteiger partial charge on any atom is 0.251 e. The molecule has 37 heavy (non-hydrogen) atoms. The second-order valence-corrected chi connectivity index (χ2v) is 10.4. The minimum absolute atomic E-state index is 0. The van der Waals surface area contributed by atoms with Gasteiger partial charge in [-0.25, -0.2) is 9.37 Å². The topological polar surface area (TPSA) is 70.9 Å². The summed E-state index contributed by atoms with van der Waals surface area (Å²) in [6.45, 7) is 4.00. The number of aromatic nitrogens is 2. The smallest absolute Gasteiger partial charge is 0.251 e. The highest BCUT2D eigenvalue weighted by Crippen LogP contribution is 2.32. The Hall–Kier alpha value is -2.27. The van der Waals surface area contributed by atoms with Crippen LogP contribution in [-0.4, -0.2) is 66.1 Å². The molecular formula is C26H30Cl2FN5O2S. The lowest BCUT2D eigenvalue weighted by Crippen LogP contribution is -2.43. The molecule has 2 fully saturated rings. The number of nitrogens with zero attached hydrogens (tertiary/aromatic N) is 3. The van der Waals surface area contributed by atoms with Crippen LogP contribution in [0.25, 0.3) is 26.4 Å². The molecule has 0 radical (unpaired) electrons. The first-order chi connectivity index (χ1) is 17.0. The zero-order valence-electron chi connectivity index (χ0n) is 20.4. The molecule has 4 aromatic rings. The number of benzene rings is 2. The van der Waals surface area contributed by atoms with E-state index in [1.807, 2.05) is 34.9 Å². The quantitative estimate of drug-likeness (QED) is 0.376. The molecule has 0 bridgehead atoms. The van der Waals surface area contributed by atoms with Crippen LogP contribution < -0.4 is 10.6 Å². The highest BCUT2D eigenvalue weighted by molar-refractivity contribution is 7.23. The van der Waals surface area contributed by atoms with E-state index in [1.54, 1.807) is 12.1 Å². The fourth-order valence-corrected chi connectivity index (χ4v) is 5.98. The van der Waals surface area contributed by atoms with E-state index < -0.39 is 0 Å². The molecule has 4 heterocycles. The van der Waals surface area contributed by atoms with Crippen LogP contribution in [0.4, 0.5) is 4.39 Å². The van der Waals surface area contributed by atoms with Crippen molar-refractivity contribution in [3.63, 3.8) is 0 Å². The molecule has 2 aliphatic heterocycles. The Morgan fingerprint density at radius 1 is 1.19 bits per heavy atom. The number of morpholine rings is 1. The summed E-state index contributed by atoms with van der Waals surface area (Å²) in [5.74, 6) is -0.328. The van der Waals surface area contributed by atoms with Gasteiger partial charge in [0.05, 0.1) is 35.2 Å². The minimum atomic E-state index is -0.294. The average Bonchev–Trinajstić information content (AvgIpc) is 3.43. The minimum Gasteiger partial charge on any atom is -0.378 e. The van der Waals surface area contributed by atoms with Gasteiger partial charge in [0.1, 0.15) is 5.82 Å². The lowest BCUT2D eigenvalue weighted by Gasteiger charge is -2.29. The number of imidazole rings is 1. The van der Waals surface area contributed by atoms with Crippen molar-refractivity contribution >= 4 is 57.2 Å². The van der Waals surface area contributed by atoms with Gasteiger partial charge in [-0.15, -0.1) is 24.8 Å². The SMILES string of the molecule is CN1CCC(NC(=O)c2ccc3c(c2)sc2nc(-c4ccc(C5COCCN5)cc4F)cn23)CC1.Cl.Cl. The van der Waals surface area contributed by atoms with Gasteiger partial charge in [-0.1, -0.05) is 17.4 Å². The molecular weight excluding hydrogens is 536 g/mol. The first kappa shape index (κ1) is 27.8. The van der Waals surface area contributed by atoms with Crippen LogP contribution in [0.5, 0.6) is 0 Å². The van der Waals surface area contributed by atoms with Crippen LogP contribution in [0.2, 0.25) is 0 Å². The van der Waals surface area contributed by atoms with Gasteiger partial charge in [-0.2, -0.15) is 0 Å². The van der Waals surface area contributed by atoms with E-state index >= 15 is 4.39 Å². The number of thiazole rings is 1. The van der Waals surface area contributed by atoms with E-state index in [0.717, 1.165) is 53.2 Å². The van der Waals surface area contributed by atoms with Gasteiger partial charge >= 0.3 is 0 Å². The summed E-state index contributed by atoms with van der Waals surface area (Å²) in [4.78, 5) is 20.6. The number of nitrogens with one attached hydrogen (secondary N) is 2. The zero-order valence-corrected chi connectivity index (χ0v) is 22.9. The van der Waals surface area contributed by atoms with Gasteiger partial charge in [0.15, 0.2) is 4.96 Å². The number of halogens is 3. The van der Waals surface area contributed by atoms with Gasteiger partial charge in [0, 0.05) is 29.9 Å². The fraction of sp³-hybridized carbons (Fsp3) is 0.385. The van der Waals surface area contributed by atoms with E-state index in [0.29, 0.717) is 30.0 Å². The van der Waals surface area contributed by atoms with E-state index in [1.165, 1.54) is 11.3 Å². The Labute approximate surface area is 231 Å². The molecule has 11 heteroatoms. The zero-order chi connectivity index (χ0) is 23.9. The number of hydrogen-bond acceptors (Lipinski definition) is 6. The first-order valence-electron chi connectivity index (χ1n) is 12.1. The van der Waals surface area contributed by atoms with Crippen LogP contribution in [0.1, 0.15) is 34.8 Å². The molecule has 2 N–H and O–H groups in total. The molecule has 0 saturated carbocycles. The van der Waals surface area contributed by atoms with E-state index in [2.05, 4.69) is 22.6 Å². The number of likely N-dealkylation sites (tertiary alicyclic amines) is 1. The molecule has 2 aromatic carbocycles. The number of ether oxygens (including phenoxy) is 1. The van der Waals surface area contributed by atoms with Crippen molar-refractivity contribution in [2.24, 2.45) is 0 Å². The van der Waals surface area contributed by atoms with Gasteiger partial charge in [-0.3, -0.25) is 9.20 Å². The molecule has 2 aliphatic rings. The second kappa shape index (κ2) is 11.6. The first-order valence-corrected chi connectivity index (χ1v) is 12.9. The summed E-state index contributed by atoms with van der Waals surface area (Å²) >= 11 is 1.50. The summed E-state index contributed by atoms with van der Waals surface area (Å²) in [5.41, 5.74) is 3.56. The Morgan fingerprint density at radius 2 is 2.00 bits per heavy atom. The molecule has 1 unspecified atom stereocenters. The third kappa shape index (κ3) is 5.62. The summed E-state index contributed by atoms with van der Waals surface area (Å²) in [5, 5.41) is 6.53. The van der Waals surface area contributed by atoms with Crippen LogP contribution >= 0.6 is 36.2 Å². The predicted molar refractivity (Wildman–Crippen MR) is 150 cm³/mol. The Balaban J connectivity index is 0.00000160. The lowest BCUT2D eigenvalue weighted by molar-refractivity contribution is 0.0768. The molecule has 2 aromatic heterocycles. The predicted octanol–water partition coefficient (Wildman–Crippen LogP) is 4.68. The van der Waals surface area contributed by atoms with Crippen LogP contribution in [0.15, 0.2) is 42.6 Å². The molecule has 2 saturated heterocycles. The van der Waals surface area contributed by atoms with Gasteiger partial charge in [0.25, 0.3) is 5.91 Å². The number of fused-ring (bicyclic) bond motifs is 3. The average molecular weight is 567 g/mol. The molecule has 1 amide bonds. The third-order valence-electron chi connectivity index (χ3n) is 7.00. The van der Waals surface area contributed by atoms with Crippen LogP contribution in [-0.2, 0) is 4.74 Å². The normalized spacial score (nSPS) is 18.9. The number of rotatable bonds is 4. The highest BCUT2D eigenvalue weighted by Gasteiger charge is 2.21. The summed E-state index contributed by atoms with van der Waals surface area (Å²) < 4.78 is 23.5. The molecule has 0 aliphatic carbocycles. The van der Waals surface area contributed by atoms with Crippen molar-refractivity contribution in [2.75, 3.05) is 39.9 Å². The van der Waals surface area contributed by atoms with Gasteiger partial charge in [0.2, 0.25) is 0 Å². The number of piperidine rings is 1. The molecule has 1 atom stereocenters. The standard InChI is InChI=1S/C26H28FN5O2S.2ClH/c1-31-9-6-18(7-10-31)29-25(33)17-3-5-23-24(13-17)35-26-30-21(14-32(23)26)19-4-2-16(12-20(19)27)22-15-34-11-8-28-22;;/h2-5,12-14,18,22,28H,6-11,15H2,1H3,(H,29,33);2*1H. The number of carbonyl (C=O) groups excluding carboxylic acids is 1. The summed E-state index contributed by atoms with van der Waals surface area (Å²) in [6, 6.07) is 11.3. The largest absolute Gasteiger partial charge is 0.378 e. The van der Waals surface area contributed by atoms with E-state index in [-0.39, 0.29) is 48.6 Å².